The number of rotatable bonds is 6. The van der Waals surface area contributed by atoms with Crippen LogP contribution in [-0.4, -0.2) is 23.3 Å². The molecule has 4 atom stereocenters. The Morgan fingerprint density at radius 3 is 2.22 bits per heavy atom. The molecule has 1 aliphatic heterocycles. The topological polar surface area (TPSA) is 12.5 Å². The largest absolute Gasteiger partial charge is 0.292 e. The lowest BCUT2D eigenvalue weighted by atomic mass is 9.55. The molecule has 1 aromatic rings. The van der Waals surface area contributed by atoms with Crippen molar-refractivity contribution in [2.75, 3.05) is 6.54 Å². The maximum absolute atomic E-state index is 14.1. The molecule has 0 amide bonds. The van der Waals surface area contributed by atoms with Crippen LogP contribution >= 0.6 is 0 Å². The zero-order chi connectivity index (χ0) is 19.8. The van der Waals surface area contributed by atoms with E-state index in [1.807, 2.05) is 6.07 Å². The average molecular weight is 380 g/mol. The summed E-state index contributed by atoms with van der Waals surface area (Å²) in [6.07, 6.45) is 5.97. The number of halogens is 2. The second-order valence-electron chi connectivity index (χ2n) is 8.53. The van der Waals surface area contributed by atoms with E-state index in [1.54, 1.807) is 0 Å². The van der Waals surface area contributed by atoms with Crippen molar-refractivity contribution < 1.29 is 13.6 Å². The Morgan fingerprint density at radius 2 is 1.70 bits per heavy atom. The minimum absolute atomic E-state index is 0.112. The number of nitrogens with zero attached hydrogens (tertiary/aromatic N) is 1. The van der Waals surface area contributed by atoms with Gasteiger partial charge in [-0.2, -0.15) is 5.06 Å². The minimum atomic E-state index is -0.761. The fourth-order valence-corrected chi connectivity index (χ4v) is 5.99. The van der Waals surface area contributed by atoms with Gasteiger partial charge in [0.2, 0.25) is 0 Å². The van der Waals surface area contributed by atoms with Gasteiger partial charge >= 0.3 is 0 Å². The standard InChI is InChI=1S/C23H35F2NO/c1-6-16-14-22(7-2,17-11-12-19(24)20(25)13-17)15-18-21(16)26(10-5)27-23(18,8-3)9-4/h11-13,16,18,21H,6-10,14-15H2,1-5H3/t16-,18+,21+,22+/m0/s1. The smallest absolute Gasteiger partial charge is 0.159 e. The zero-order valence-electron chi connectivity index (χ0n) is 17.5. The van der Waals surface area contributed by atoms with Crippen molar-refractivity contribution in [3.8, 4) is 0 Å². The Morgan fingerprint density at radius 1 is 1.00 bits per heavy atom. The summed E-state index contributed by atoms with van der Waals surface area (Å²) in [6, 6.07) is 4.97. The Hall–Kier alpha value is -1.00. The van der Waals surface area contributed by atoms with E-state index in [0.29, 0.717) is 17.9 Å². The van der Waals surface area contributed by atoms with Gasteiger partial charge in [-0.05, 0) is 61.1 Å². The molecule has 1 aromatic carbocycles. The summed E-state index contributed by atoms with van der Waals surface area (Å²) >= 11 is 0. The van der Waals surface area contributed by atoms with Gasteiger partial charge in [0.1, 0.15) is 0 Å². The van der Waals surface area contributed by atoms with Crippen molar-refractivity contribution >= 4 is 0 Å². The minimum Gasteiger partial charge on any atom is -0.292 e. The van der Waals surface area contributed by atoms with Gasteiger partial charge in [-0.15, -0.1) is 0 Å². The summed E-state index contributed by atoms with van der Waals surface area (Å²) in [5, 5.41) is 2.23. The molecule has 0 aromatic heterocycles. The molecule has 4 heteroatoms. The fourth-order valence-electron chi connectivity index (χ4n) is 5.99. The van der Waals surface area contributed by atoms with Crippen LogP contribution in [-0.2, 0) is 10.3 Å². The molecule has 0 radical (unpaired) electrons. The van der Waals surface area contributed by atoms with Gasteiger partial charge in [-0.25, -0.2) is 8.78 Å². The first-order chi connectivity index (χ1) is 12.9. The summed E-state index contributed by atoms with van der Waals surface area (Å²) in [4.78, 5) is 6.59. The molecule has 27 heavy (non-hydrogen) atoms. The van der Waals surface area contributed by atoms with E-state index in [0.717, 1.165) is 50.6 Å². The second kappa shape index (κ2) is 7.79. The molecule has 152 valence electrons. The first-order valence-corrected chi connectivity index (χ1v) is 10.8. The summed E-state index contributed by atoms with van der Waals surface area (Å²) < 4.78 is 27.7. The van der Waals surface area contributed by atoms with E-state index in [1.165, 1.54) is 12.1 Å². The highest BCUT2D eigenvalue weighted by Gasteiger charge is 2.59. The molecule has 1 heterocycles. The number of fused-ring (bicyclic) bond motifs is 1. The monoisotopic (exact) mass is 379 g/mol. The van der Waals surface area contributed by atoms with Crippen LogP contribution in [0, 0.1) is 23.5 Å². The third-order valence-corrected chi connectivity index (χ3v) is 7.71. The molecule has 0 unspecified atom stereocenters. The predicted molar refractivity (Wildman–Crippen MR) is 105 cm³/mol. The van der Waals surface area contributed by atoms with Crippen LogP contribution in [0.4, 0.5) is 8.78 Å². The van der Waals surface area contributed by atoms with Crippen LogP contribution in [0.5, 0.6) is 0 Å². The van der Waals surface area contributed by atoms with Gasteiger partial charge in [-0.3, -0.25) is 4.84 Å². The Kier molecular flexibility index (Phi) is 5.98. The van der Waals surface area contributed by atoms with E-state index < -0.39 is 11.6 Å². The molecule has 2 fully saturated rings. The SMILES string of the molecule is CC[C@H]1C[C@@](CC)(c2ccc(F)c(F)c2)C[C@@H]2[C@@H]1N(CC)OC2(CC)CC. The summed E-state index contributed by atoms with van der Waals surface area (Å²) in [5.41, 5.74) is 0.698. The quantitative estimate of drug-likeness (QED) is 0.580. The van der Waals surface area contributed by atoms with E-state index >= 15 is 0 Å². The molecule has 1 saturated carbocycles. The van der Waals surface area contributed by atoms with Gasteiger partial charge in [0.15, 0.2) is 11.6 Å². The highest BCUT2D eigenvalue weighted by Crippen LogP contribution is 2.57. The van der Waals surface area contributed by atoms with Gasteiger partial charge in [0.05, 0.1) is 5.60 Å². The van der Waals surface area contributed by atoms with E-state index in [9.17, 15) is 8.78 Å². The van der Waals surface area contributed by atoms with E-state index in [2.05, 4.69) is 39.7 Å². The summed E-state index contributed by atoms with van der Waals surface area (Å²) in [7, 11) is 0. The normalized spacial score (nSPS) is 33.2. The molecule has 1 aliphatic carbocycles. The lowest BCUT2D eigenvalue weighted by molar-refractivity contribution is -0.210. The molecular weight excluding hydrogens is 344 g/mol. The lowest BCUT2D eigenvalue weighted by Gasteiger charge is -2.49. The van der Waals surface area contributed by atoms with Crippen LogP contribution in [0.1, 0.15) is 78.7 Å². The van der Waals surface area contributed by atoms with Crippen molar-refractivity contribution in [2.45, 2.75) is 90.2 Å². The number of hydrogen-bond donors (Lipinski definition) is 0. The van der Waals surface area contributed by atoms with Crippen molar-refractivity contribution in [2.24, 2.45) is 11.8 Å². The lowest BCUT2D eigenvalue weighted by Crippen LogP contribution is -2.51. The molecule has 0 spiro atoms. The highest BCUT2D eigenvalue weighted by atomic mass is 19.2. The number of hydrogen-bond acceptors (Lipinski definition) is 2. The van der Waals surface area contributed by atoms with Crippen molar-refractivity contribution in [3.63, 3.8) is 0 Å². The van der Waals surface area contributed by atoms with Crippen LogP contribution in [0.3, 0.4) is 0 Å². The average Bonchev–Trinajstić information content (AvgIpc) is 3.03. The first-order valence-electron chi connectivity index (χ1n) is 10.8. The Balaban J connectivity index is 2.07. The summed E-state index contributed by atoms with van der Waals surface area (Å²) in [6.45, 7) is 12.0. The molecular formula is C23H35F2NO. The fraction of sp³-hybridized carbons (Fsp3) is 0.739. The van der Waals surface area contributed by atoms with Crippen molar-refractivity contribution in [3.05, 3.63) is 35.4 Å². The second-order valence-corrected chi connectivity index (χ2v) is 8.53. The molecule has 0 N–H and O–H groups in total. The highest BCUT2D eigenvalue weighted by molar-refractivity contribution is 5.29. The molecule has 2 nitrogen and oxygen atoms in total. The number of benzene rings is 1. The first kappa shape index (κ1) is 20.7. The maximum atomic E-state index is 14.1. The van der Waals surface area contributed by atoms with Crippen LogP contribution < -0.4 is 0 Å². The number of hydroxylamine groups is 2. The Labute approximate surface area is 163 Å². The molecule has 3 rings (SSSR count). The van der Waals surface area contributed by atoms with Crippen LogP contribution in [0.2, 0.25) is 0 Å². The van der Waals surface area contributed by atoms with Gasteiger partial charge in [-0.1, -0.05) is 47.1 Å². The zero-order valence-corrected chi connectivity index (χ0v) is 17.5. The molecule has 1 saturated heterocycles. The van der Waals surface area contributed by atoms with Crippen molar-refractivity contribution in [1.29, 1.82) is 0 Å². The predicted octanol–water partition coefficient (Wildman–Crippen LogP) is 6.24. The van der Waals surface area contributed by atoms with Gasteiger partial charge in [0.25, 0.3) is 0 Å². The van der Waals surface area contributed by atoms with E-state index in [-0.39, 0.29) is 11.0 Å². The van der Waals surface area contributed by atoms with Crippen molar-refractivity contribution in [1.82, 2.24) is 5.06 Å². The molecule has 0 bridgehead atoms. The van der Waals surface area contributed by atoms with E-state index in [4.69, 9.17) is 4.84 Å². The van der Waals surface area contributed by atoms with Gasteiger partial charge < -0.3 is 0 Å². The maximum Gasteiger partial charge on any atom is 0.159 e. The third kappa shape index (κ3) is 3.23. The Bertz CT molecular complexity index is 660. The summed E-state index contributed by atoms with van der Waals surface area (Å²) in [5.74, 6) is -0.579. The molecule has 2 aliphatic rings. The van der Waals surface area contributed by atoms with Crippen LogP contribution in [0.15, 0.2) is 18.2 Å². The van der Waals surface area contributed by atoms with Crippen LogP contribution in [0.25, 0.3) is 0 Å². The third-order valence-electron chi connectivity index (χ3n) is 7.71. The van der Waals surface area contributed by atoms with Gasteiger partial charge in [0, 0.05) is 18.5 Å².